The van der Waals surface area contributed by atoms with Gasteiger partial charge in [0.15, 0.2) is 0 Å². The Bertz CT molecular complexity index is 711. The van der Waals surface area contributed by atoms with E-state index in [0.717, 1.165) is 0 Å². The van der Waals surface area contributed by atoms with Crippen molar-refractivity contribution in [2.24, 2.45) is 0 Å². The fraction of sp³-hybridized carbons (Fsp3) is 0.125. The van der Waals surface area contributed by atoms with E-state index in [1.54, 1.807) is 12.1 Å². The van der Waals surface area contributed by atoms with Gasteiger partial charge in [0.05, 0.1) is 19.0 Å². The zero-order chi connectivity index (χ0) is 17.6. The van der Waals surface area contributed by atoms with Crippen molar-refractivity contribution in [3.05, 3.63) is 54.2 Å². The van der Waals surface area contributed by atoms with E-state index < -0.39 is 12.3 Å². The van der Waals surface area contributed by atoms with Gasteiger partial charge in [0.2, 0.25) is 11.8 Å². The van der Waals surface area contributed by atoms with E-state index >= 15 is 0 Å². The third-order valence-electron chi connectivity index (χ3n) is 2.75. The number of carbonyl (C=O) groups excluding carboxylic acids is 1. The molecule has 0 aliphatic heterocycles. The number of halogens is 3. The number of nitrogens with zero attached hydrogens (tertiary/aromatic N) is 1. The number of nitrogens with one attached hydrogen (secondary N) is 1. The van der Waals surface area contributed by atoms with Crippen molar-refractivity contribution >= 4 is 17.7 Å². The van der Waals surface area contributed by atoms with Crippen molar-refractivity contribution in [3.8, 4) is 11.6 Å². The van der Waals surface area contributed by atoms with Crippen LogP contribution in [-0.2, 0) is 4.79 Å². The molecular formula is C16H13F3N2O3. The van der Waals surface area contributed by atoms with Crippen LogP contribution in [0.15, 0.2) is 48.7 Å². The normalized spacial score (nSPS) is 11.3. The largest absolute Gasteiger partial charge is 0.573 e. The predicted molar refractivity (Wildman–Crippen MR) is 81.6 cm³/mol. The molecule has 0 saturated carbocycles. The highest BCUT2D eigenvalue weighted by molar-refractivity contribution is 6.01. The highest BCUT2D eigenvalue weighted by Crippen LogP contribution is 2.23. The molecule has 1 aromatic heterocycles. The molecule has 1 amide bonds. The summed E-state index contributed by atoms with van der Waals surface area (Å²) in [6, 6.07) is 8.36. The molecule has 0 radical (unpaired) electrons. The molecular weight excluding hydrogens is 325 g/mol. The summed E-state index contributed by atoms with van der Waals surface area (Å²) >= 11 is 0. The monoisotopic (exact) mass is 338 g/mol. The first-order chi connectivity index (χ1) is 11.4. The van der Waals surface area contributed by atoms with Gasteiger partial charge in [0.1, 0.15) is 5.75 Å². The Labute approximate surface area is 135 Å². The van der Waals surface area contributed by atoms with Gasteiger partial charge in [-0.05, 0) is 29.8 Å². The molecule has 0 spiro atoms. The van der Waals surface area contributed by atoms with Gasteiger partial charge in [0.25, 0.3) is 0 Å². The summed E-state index contributed by atoms with van der Waals surface area (Å²) in [4.78, 5) is 15.7. The number of carbonyl (C=O) groups is 1. The molecule has 0 unspecified atom stereocenters. The molecule has 0 fully saturated rings. The molecule has 0 saturated heterocycles. The average Bonchev–Trinajstić information content (AvgIpc) is 2.53. The molecule has 0 aliphatic carbocycles. The SMILES string of the molecule is COc1ccc(NC(=O)/C=C/c2ccc(OC(F)(F)F)cc2)cn1. The number of benzene rings is 1. The van der Waals surface area contributed by atoms with Crippen LogP contribution in [0.25, 0.3) is 6.08 Å². The van der Waals surface area contributed by atoms with E-state index in [2.05, 4.69) is 15.0 Å². The maximum atomic E-state index is 12.0. The molecule has 1 aromatic carbocycles. The number of alkyl halides is 3. The molecule has 0 aliphatic rings. The number of ether oxygens (including phenoxy) is 2. The lowest BCUT2D eigenvalue weighted by molar-refractivity contribution is -0.274. The summed E-state index contributed by atoms with van der Waals surface area (Å²) in [6.45, 7) is 0. The third-order valence-corrected chi connectivity index (χ3v) is 2.75. The molecule has 0 bridgehead atoms. The number of amides is 1. The van der Waals surface area contributed by atoms with Crippen molar-refractivity contribution in [1.82, 2.24) is 4.98 Å². The summed E-state index contributed by atoms with van der Waals surface area (Å²) in [6.07, 6.45) is -0.578. The number of anilines is 1. The fourth-order valence-corrected chi connectivity index (χ4v) is 1.71. The van der Waals surface area contributed by atoms with Gasteiger partial charge in [-0.2, -0.15) is 0 Å². The summed E-state index contributed by atoms with van der Waals surface area (Å²) in [7, 11) is 1.48. The minimum Gasteiger partial charge on any atom is -0.481 e. The standard InChI is InChI=1S/C16H13F3N2O3/c1-23-15-9-5-12(10-20-15)21-14(22)8-4-11-2-6-13(7-3-11)24-16(17,18)19/h2-10H,1H3,(H,21,22)/b8-4+. The van der Waals surface area contributed by atoms with Gasteiger partial charge in [-0.1, -0.05) is 12.1 Å². The Balaban J connectivity index is 1.93. The van der Waals surface area contributed by atoms with E-state index in [1.165, 1.54) is 49.7 Å². The average molecular weight is 338 g/mol. The van der Waals surface area contributed by atoms with Crippen LogP contribution < -0.4 is 14.8 Å². The van der Waals surface area contributed by atoms with E-state index in [0.29, 0.717) is 17.1 Å². The van der Waals surface area contributed by atoms with Crippen LogP contribution in [-0.4, -0.2) is 24.4 Å². The Kier molecular flexibility index (Phi) is 5.41. The van der Waals surface area contributed by atoms with Gasteiger partial charge < -0.3 is 14.8 Å². The number of hydrogen-bond acceptors (Lipinski definition) is 4. The highest BCUT2D eigenvalue weighted by atomic mass is 19.4. The molecule has 126 valence electrons. The minimum atomic E-state index is -4.73. The third kappa shape index (κ3) is 5.64. The van der Waals surface area contributed by atoms with Crippen LogP contribution in [0.1, 0.15) is 5.56 Å². The molecule has 0 atom stereocenters. The molecule has 24 heavy (non-hydrogen) atoms. The Morgan fingerprint density at radius 1 is 1.17 bits per heavy atom. The maximum Gasteiger partial charge on any atom is 0.573 e. The molecule has 2 aromatic rings. The lowest BCUT2D eigenvalue weighted by Gasteiger charge is -2.08. The Hall–Kier alpha value is -3.03. The number of pyridine rings is 1. The summed E-state index contributed by atoms with van der Waals surface area (Å²) in [5, 5.41) is 2.59. The number of methoxy groups -OCH3 is 1. The van der Waals surface area contributed by atoms with E-state index in [9.17, 15) is 18.0 Å². The van der Waals surface area contributed by atoms with Crippen LogP contribution in [0, 0.1) is 0 Å². The van der Waals surface area contributed by atoms with Gasteiger partial charge in [0, 0.05) is 12.1 Å². The first kappa shape index (κ1) is 17.3. The first-order valence-corrected chi connectivity index (χ1v) is 6.70. The summed E-state index contributed by atoms with van der Waals surface area (Å²) < 4.78 is 44.8. The second kappa shape index (κ2) is 7.49. The van der Waals surface area contributed by atoms with Crippen molar-refractivity contribution in [3.63, 3.8) is 0 Å². The van der Waals surface area contributed by atoms with Crippen LogP contribution in [0.4, 0.5) is 18.9 Å². The lowest BCUT2D eigenvalue weighted by atomic mass is 10.2. The van der Waals surface area contributed by atoms with E-state index in [-0.39, 0.29) is 5.75 Å². The number of aromatic nitrogens is 1. The van der Waals surface area contributed by atoms with Crippen LogP contribution >= 0.6 is 0 Å². The van der Waals surface area contributed by atoms with Gasteiger partial charge in [-0.25, -0.2) is 4.98 Å². The van der Waals surface area contributed by atoms with Gasteiger partial charge >= 0.3 is 6.36 Å². The summed E-state index contributed by atoms with van der Waals surface area (Å²) in [5.41, 5.74) is 1.03. The lowest BCUT2D eigenvalue weighted by Crippen LogP contribution is -2.16. The molecule has 1 N–H and O–H groups in total. The van der Waals surface area contributed by atoms with Crippen molar-refractivity contribution in [2.75, 3.05) is 12.4 Å². The van der Waals surface area contributed by atoms with Gasteiger partial charge in [-0.3, -0.25) is 4.79 Å². The minimum absolute atomic E-state index is 0.326. The summed E-state index contributed by atoms with van der Waals surface area (Å²) in [5.74, 6) is -0.310. The topological polar surface area (TPSA) is 60.5 Å². The Morgan fingerprint density at radius 3 is 2.42 bits per heavy atom. The number of hydrogen-bond donors (Lipinski definition) is 1. The number of rotatable bonds is 5. The van der Waals surface area contributed by atoms with Crippen molar-refractivity contribution < 1.29 is 27.4 Å². The van der Waals surface area contributed by atoms with Crippen molar-refractivity contribution in [2.45, 2.75) is 6.36 Å². The maximum absolute atomic E-state index is 12.0. The van der Waals surface area contributed by atoms with E-state index in [1.807, 2.05) is 0 Å². The predicted octanol–water partition coefficient (Wildman–Crippen LogP) is 3.64. The van der Waals surface area contributed by atoms with Crippen molar-refractivity contribution in [1.29, 1.82) is 0 Å². The van der Waals surface area contributed by atoms with E-state index in [4.69, 9.17) is 4.74 Å². The fourth-order valence-electron chi connectivity index (χ4n) is 1.71. The zero-order valence-electron chi connectivity index (χ0n) is 12.5. The van der Waals surface area contributed by atoms with Crippen LogP contribution in [0.2, 0.25) is 0 Å². The second-order valence-corrected chi connectivity index (χ2v) is 4.53. The van der Waals surface area contributed by atoms with Gasteiger partial charge in [-0.15, -0.1) is 13.2 Å². The quantitative estimate of drug-likeness (QED) is 0.846. The molecule has 5 nitrogen and oxygen atoms in total. The first-order valence-electron chi connectivity index (χ1n) is 6.70. The smallest absolute Gasteiger partial charge is 0.481 e. The van der Waals surface area contributed by atoms with Crippen LogP contribution in [0.3, 0.4) is 0 Å². The molecule has 1 heterocycles. The molecule has 2 rings (SSSR count). The zero-order valence-corrected chi connectivity index (χ0v) is 12.5. The van der Waals surface area contributed by atoms with Crippen LogP contribution in [0.5, 0.6) is 11.6 Å². The second-order valence-electron chi connectivity index (χ2n) is 4.53. The Morgan fingerprint density at radius 2 is 1.88 bits per heavy atom. The molecule has 8 heteroatoms. The highest BCUT2D eigenvalue weighted by Gasteiger charge is 2.30.